The van der Waals surface area contributed by atoms with Gasteiger partial charge < -0.3 is 9.73 Å². The summed E-state index contributed by atoms with van der Waals surface area (Å²) in [5.41, 5.74) is 0.701. The number of hydrogen-bond donors (Lipinski definition) is 1. The molecule has 8 heteroatoms. The number of aromatic nitrogens is 2. The number of nitrogens with zero attached hydrogens (tertiary/aromatic N) is 3. The number of nitro benzene ring substituents is 1. The van der Waals surface area contributed by atoms with Gasteiger partial charge in [-0.1, -0.05) is 0 Å². The Morgan fingerprint density at radius 1 is 1.31 bits per heavy atom. The van der Waals surface area contributed by atoms with Gasteiger partial charge in [0.2, 0.25) is 5.91 Å². The van der Waals surface area contributed by atoms with Crippen molar-refractivity contribution in [1.29, 1.82) is 0 Å². The molecule has 0 saturated heterocycles. The van der Waals surface area contributed by atoms with E-state index >= 15 is 0 Å². The summed E-state index contributed by atoms with van der Waals surface area (Å²) in [6.07, 6.45) is 8.00. The molecule has 0 aliphatic rings. The van der Waals surface area contributed by atoms with Crippen LogP contribution in [0.5, 0.6) is 0 Å². The molecule has 1 unspecified atom stereocenters. The molecule has 2 aromatic heterocycles. The Hall–Kier alpha value is -3.68. The molecule has 3 aromatic rings. The number of amides is 1. The fourth-order valence-corrected chi connectivity index (χ4v) is 2.41. The third-order valence-corrected chi connectivity index (χ3v) is 3.72. The van der Waals surface area contributed by atoms with Crippen molar-refractivity contribution in [1.82, 2.24) is 15.1 Å². The number of nitro groups is 1. The predicted molar refractivity (Wildman–Crippen MR) is 94.2 cm³/mol. The number of furan rings is 1. The summed E-state index contributed by atoms with van der Waals surface area (Å²) >= 11 is 0. The van der Waals surface area contributed by atoms with Gasteiger partial charge in [-0.2, -0.15) is 5.10 Å². The van der Waals surface area contributed by atoms with Crippen LogP contribution in [0.15, 0.2) is 71.6 Å². The van der Waals surface area contributed by atoms with Crippen LogP contribution in [0.2, 0.25) is 0 Å². The first kappa shape index (κ1) is 17.2. The van der Waals surface area contributed by atoms with E-state index in [0.717, 1.165) is 0 Å². The fourth-order valence-electron chi connectivity index (χ4n) is 2.41. The van der Waals surface area contributed by atoms with Crippen molar-refractivity contribution in [2.75, 3.05) is 6.54 Å². The second-order valence-corrected chi connectivity index (χ2v) is 5.44. The lowest BCUT2D eigenvalue weighted by molar-refractivity contribution is -0.384. The Kier molecular flexibility index (Phi) is 5.23. The van der Waals surface area contributed by atoms with Gasteiger partial charge >= 0.3 is 0 Å². The zero-order valence-corrected chi connectivity index (χ0v) is 13.7. The summed E-state index contributed by atoms with van der Waals surface area (Å²) < 4.78 is 7.13. The first-order valence-corrected chi connectivity index (χ1v) is 7.86. The third-order valence-electron chi connectivity index (χ3n) is 3.72. The molecule has 1 amide bonds. The Morgan fingerprint density at radius 3 is 2.73 bits per heavy atom. The van der Waals surface area contributed by atoms with E-state index in [0.29, 0.717) is 17.9 Å². The Labute approximate surface area is 148 Å². The Balaban J connectivity index is 1.61. The van der Waals surface area contributed by atoms with Crippen LogP contribution in [0.4, 0.5) is 5.69 Å². The molecule has 3 rings (SSSR count). The van der Waals surface area contributed by atoms with Crippen LogP contribution in [0.25, 0.3) is 6.08 Å². The van der Waals surface area contributed by atoms with Gasteiger partial charge in [0, 0.05) is 37.1 Å². The van der Waals surface area contributed by atoms with Crippen LogP contribution in [0.1, 0.15) is 17.4 Å². The van der Waals surface area contributed by atoms with Crippen molar-refractivity contribution < 1.29 is 14.1 Å². The highest BCUT2D eigenvalue weighted by Gasteiger charge is 2.17. The molecule has 132 valence electrons. The maximum atomic E-state index is 12.1. The quantitative estimate of drug-likeness (QED) is 0.400. The van der Waals surface area contributed by atoms with Crippen molar-refractivity contribution in [3.8, 4) is 0 Å². The van der Waals surface area contributed by atoms with Crippen LogP contribution in [-0.2, 0) is 4.79 Å². The van der Waals surface area contributed by atoms with Gasteiger partial charge in [-0.25, -0.2) is 0 Å². The van der Waals surface area contributed by atoms with E-state index < -0.39 is 4.92 Å². The molecule has 0 saturated carbocycles. The molecule has 2 heterocycles. The van der Waals surface area contributed by atoms with E-state index in [4.69, 9.17) is 4.42 Å². The average Bonchev–Trinajstić information content (AvgIpc) is 3.35. The highest BCUT2D eigenvalue weighted by molar-refractivity contribution is 5.91. The molecule has 0 fully saturated rings. The van der Waals surface area contributed by atoms with Crippen molar-refractivity contribution in [2.24, 2.45) is 0 Å². The van der Waals surface area contributed by atoms with Gasteiger partial charge in [-0.15, -0.1) is 0 Å². The summed E-state index contributed by atoms with van der Waals surface area (Å²) in [6.45, 7) is 0.304. The Bertz CT molecular complexity index is 850. The average molecular weight is 352 g/mol. The lowest BCUT2D eigenvalue weighted by Gasteiger charge is -2.15. The highest BCUT2D eigenvalue weighted by Crippen LogP contribution is 2.17. The van der Waals surface area contributed by atoms with Crippen LogP contribution in [-0.4, -0.2) is 27.2 Å². The molecular weight excluding hydrogens is 336 g/mol. The first-order chi connectivity index (χ1) is 12.6. The highest BCUT2D eigenvalue weighted by atomic mass is 16.6. The smallest absolute Gasteiger partial charge is 0.269 e. The van der Waals surface area contributed by atoms with Gasteiger partial charge in [-0.05, 0) is 42.0 Å². The molecule has 0 aliphatic carbocycles. The van der Waals surface area contributed by atoms with Crippen LogP contribution < -0.4 is 5.32 Å². The standard InChI is InChI=1S/C18H16N4O4/c23-18(9-6-14-4-7-15(8-5-14)22(24)25)19-13-16(17-3-1-12-26-17)21-11-2-10-20-21/h1-12,16H,13H2,(H,19,23)/b9-6+. The van der Waals surface area contributed by atoms with E-state index in [1.165, 1.54) is 18.2 Å². The lowest BCUT2D eigenvalue weighted by Crippen LogP contribution is -2.30. The molecule has 1 N–H and O–H groups in total. The predicted octanol–water partition coefficient (Wildman–Crippen LogP) is 2.80. The number of hydrogen-bond acceptors (Lipinski definition) is 5. The normalized spacial score (nSPS) is 12.2. The molecule has 0 radical (unpaired) electrons. The van der Waals surface area contributed by atoms with E-state index in [9.17, 15) is 14.9 Å². The second-order valence-electron chi connectivity index (χ2n) is 5.44. The van der Waals surface area contributed by atoms with Gasteiger partial charge in [0.1, 0.15) is 11.8 Å². The zero-order valence-electron chi connectivity index (χ0n) is 13.7. The summed E-state index contributed by atoms with van der Waals surface area (Å²) in [5.74, 6) is 0.403. The van der Waals surface area contributed by atoms with Crippen molar-refractivity contribution in [3.63, 3.8) is 0 Å². The Morgan fingerprint density at radius 2 is 2.12 bits per heavy atom. The minimum Gasteiger partial charge on any atom is -0.467 e. The van der Waals surface area contributed by atoms with Gasteiger partial charge in [-0.3, -0.25) is 19.6 Å². The molecule has 8 nitrogen and oxygen atoms in total. The molecule has 0 bridgehead atoms. The number of nitrogens with one attached hydrogen (secondary N) is 1. The number of carbonyl (C=O) groups excluding carboxylic acids is 1. The van der Waals surface area contributed by atoms with Crippen molar-refractivity contribution >= 4 is 17.7 Å². The van der Waals surface area contributed by atoms with Gasteiger partial charge in [0.15, 0.2) is 0 Å². The van der Waals surface area contributed by atoms with E-state index in [-0.39, 0.29) is 17.6 Å². The summed E-state index contributed by atoms with van der Waals surface area (Å²) in [5, 5.41) is 17.6. The summed E-state index contributed by atoms with van der Waals surface area (Å²) in [7, 11) is 0. The van der Waals surface area contributed by atoms with Crippen LogP contribution in [0, 0.1) is 10.1 Å². The number of non-ortho nitro benzene ring substituents is 1. The molecule has 0 spiro atoms. The summed E-state index contributed by atoms with van der Waals surface area (Å²) in [4.78, 5) is 22.2. The van der Waals surface area contributed by atoms with Crippen LogP contribution in [0.3, 0.4) is 0 Å². The van der Waals surface area contributed by atoms with Crippen molar-refractivity contribution in [2.45, 2.75) is 6.04 Å². The zero-order chi connectivity index (χ0) is 18.4. The summed E-state index contributed by atoms with van der Waals surface area (Å²) in [6, 6.07) is 11.1. The number of rotatable bonds is 7. The molecule has 26 heavy (non-hydrogen) atoms. The topological polar surface area (TPSA) is 103 Å². The molecule has 1 atom stereocenters. The fraction of sp³-hybridized carbons (Fsp3) is 0.111. The van der Waals surface area contributed by atoms with Gasteiger partial charge in [0.25, 0.3) is 5.69 Å². The van der Waals surface area contributed by atoms with Crippen LogP contribution >= 0.6 is 0 Å². The van der Waals surface area contributed by atoms with Crippen molar-refractivity contribution in [3.05, 3.63) is 88.6 Å². The minimum atomic E-state index is -0.468. The molecule has 1 aromatic carbocycles. The second kappa shape index (κ2) is 7.93. The maximum Gasteiger partial charge on any atom is 0.269 e. The SMILES string of the molecule is O=C(/C=C/c1ccc([N+](=O)[O-])cc1)NCC(c1ccco1)n1cccn1. The van der Waals surface area contributed by atoms with E-state index in [2.05, 4.69) is 10.4 Å². The third kappa shape index (κ3) is 4.23. The molecular formula is C18H16N4O4. The first-order valence-electron chi connectivity index (χ1n) is 7.86. The number of benzene rings is 1. The number of carbonyl (C=O) groups is 1. The lowest BCUT2D eigenvalue weighted by atomic mass is 10.2. The maximum absolute atomic E-state index is 12.1. The van der Waals surface area contributed by atoms with Gasteiger partial charge in [0.05, 0.1) is 11.2 Å². The van der Waals surface area contributed by atoms with E-state index in [1.807, 2.05) is 6.07 Å². The molecule has 0 aliphatic heterocycles. The monoisotopic (exact) mass is 352 g/mol. The van der Waals surface area contributed by atoms with E-state index in [1.54, 1.807) is 53.7 Å². The largest absolute Gasteiger partial charge is 0.467 e. The minimum absolute atomic E-state index is 0.00659.